The van der Waals surface area contributed by atoms with Gasteiger partial charge in [-0.15, -0.1) is 0 Å². The van der Waals surface area contributed by atoms with Gasteiger partial charge in [0.2, 0.25) is 5.91 Å². The summed E-state index contributed by atoms with van der Waals surface area (Å²) in [5.41, 5.74) is -2.81. The van der Waals surface area contributed by atoms with E-state index in [9.17, 15) is 28.2 Å². The normalized spacial score (nSPS) is 37.2. The molecular formula is C18H19ClF3NO3. The van der Waals surface area contributed by atoms with Gasteiger partial charge in [0.15, 0.2) is 5.60 Å². The number of amides is 1. The summed E-state index contributed by atoms with van der Waals surface area (Å²) in [7, 11) is 0. The van der Waals surface area contributed by atoms with E-state index in [0.717, 1.165) is 0 Å². The van der Waals surface area contributed by atoms with Crippen molar-refractivity contribution in [3.63, 3.8) is 0 Å². The van der Waals surface area contributed by atoms with Crippen molar-refractivity contribution < 1.29 is 28.2 Å². The molecule has 0 aromatic heterocycles. The van der Waals surface area contributed by atoms with Gasteiger partial charge in [-0.25, -0.2) is 0 Å². The quantitative estimate of drug-likeness (QED) is 0.677. The van der Waals surface area contributed by atoms with Crippen LogP contribution in [0.3, 0.4) is 0 Å². The van der Waals surface area contributed by atoms with Crippen molar-refractivity contribution in [1.82, 2.24) is 4.90 Å². The third-order valence-corrected chi connectivity index (χ3v) is 6.36. The Kier molecular flexibility index (Phi) is 4.06. The van der Waals surface area contributed by atoms with E-state index >= 15 is 0 Å². The van der Waals surface area contributed by atoms with Crippen molar-refractivity contribution in [3.05, 3.63) is 34.4 Å². The van der Waals surface area contributed by atoms with Crippen LogP contribution in [0.25, 0.3) is 0 Å². The van der Waals surface area contributed by atoms with Crippen molar-refractivity contribution >= 4 is 17.5 Å². The molecule has 2 N–H and O–H groups in total. The number of carbonyl (C=O) groups is 1. The van der Waals surface area contributed by atoms with Gasteiger partial charge < -0.3 is 15.1 Å². The number of carbonyl (C=O) groups excluding carboxylic acids is 1. The van der Waals surface area contributed by atoms with Crippen LogP contribution >= 0.6 is 11.6 Å². The molecule has 4 unspecified atom stereocenters. The van der Waals surface area contributed by atoms with Crippen LogP contribution in [0.15, 0.2) is 34.4 Å². The van der Waals surface area contributed by atoms with Crippen molar-refractivity contribution in [2.75, 3.05) is 13.1 Å². The highest BCUT2D eigenvalue weighted by Gasteiger charge is 2.67. The predicted molar refractivity (Wildman–Crippen MR) is 88.0 cm³/mol. The maximum absolute atomic E-state index is 13.9. The van der Waals surface area contributed by atoms with E-state index in [1.165, 1.54) is 11.0 Å². The minimum atomic E-state index is -4.84. The second kappa shape index (κ2) is 5.84. The molecule has 1 heterocycles. The highest BCUT2D eigenvalue weighted by Crippen LogP contribution is 2.60. The highest BCUT2D eigenvalue weighted by molar-refractivity contribution is 6.32. The summed E-state index contributed by atoms with van der Waals surface area (Å²) in [5.74, 6) is -2.82. The first-order valence-corrected chi connectivity index (χ1v) is 9.06. The maximum atomic E-state index is 13.9. The van der Waals surface area contributed by atoms with Crippen LogP contribution in [0.5, 0.6) is 0 Å². The first-order valence-electron chi connectivity index (χ1n) is 8.68. The summed E-state index contributed by atoms with van der Waals surface area (Å²) in [6, 6.07) is 0. The van der Waals surface area contributed by atoms with Crippen molar-refractivity contribution in [1.29, 1.82) is 0 Å². The molecule has 4 atom stereocenters. The van der Waals surface area contributed by atoms with Gasteiger partial charge in [-0.2, -0.15) is 13.2 Å². The van der Waals surface area contributed by atoms with Gasteiger partial charge in [0, 0.05) is 30.0 Å². The number of halogens is 4. The van der Waals surface area contributed by atoms with Gasteiger partial charge in [-0.05, 0) is 30.4 Å². The Morgan fingerprint density at radius 1 is 1.35 bits per heavy atom. The number of rotatable bonds is 1. The molecule has 4 nitrogen and oxygen atoms in total. The summed E-state index contributed by atoms with van der Waals surface area (Å²) in [5, 5.41) is 20.3. The zero-order chi connectivity index (χ0) is 18.9. The smallest absolute Gasteiger partial charge is 0.389 e. The average molecular weight is 390 g/mol. The van der Waals surface area contributed by atoms with Crippen LogP contribution in [0.1, 0.15) is 19.3 Å². The molecule has 142 valence electrons. The fourth-order valence-corrected chi connectivity index (χ4v) is 5.14. The molecule has 0 spiro atoms. The number of nitrogens with zero attached hydrogens (tertiary/aromatic N) is 1. The van der Waals surface area contributed by atoms with Gasteiger partial charge in [-0.1, -0.05) is 29.8 Å². The van der Waals surface area contributed by atoms with Crippen LogP contribution in [0, 0.1) is 17.8 Å². The second-order valence-corrected chi connectivity index (χ2v) is 7.92. The van der Waals surface area contributed by atoms with Crippen LogP contribution in [0.2, 0.25) is 0 Å². The molecular weight excluding hydrogens is 371 g/mol. The Bertz CT molecular complexity index is 738. The van der Waals surface area contributed by atoms with Crippen LogP contribution < -0.4 is 0 Å². The topological polar surface area (TPSA) is 60.8 Å². The van der Waals surface area contributed by atoms with E-state index in [-0.39, 0.29) is 42.4 Å². The molecule has 0 aromatic carbocycles. The van der Waals surface area contributed by atoms with E-state index in [1.807, 2.05) is 6.08 Å². The lowest BCUT2D eigenvalue weighted by Crippen LogP contribution is -2.56. The summed E-state index contributed by atoms with van der Waals surface area (Å²) < 4.78 is 41.8. The van der Waals surface area contributed by atoms with Crippen LogP contribution in [-0.2, 0) is 4.79 Å². The Morgan fingerprint density at radius 3 is 2.65 bits per heavy atom. The van der Waals surface area contributed by atoms with E-state index in [0.29, 0.717) is 12.0 Å². The van der Waals surface area contributed by atoms with E-state index < -0.39 is 35.6 Å². The van der Waals surface area contributed by atoms with Gasteiger partial charge >= 0.3 is 6.18 Å². The van der Waals surface area contributed by atoms with Crippen LogP contribution in [-0.4, -0.2) is 52.0 Å². The zero-order valence-electron chi connectivity index (χ0n) is 13.8. The lowest BCUT2D eigenvalue weighted by molar-refractivity contribution is -0.263. The highest BCUT2D eigenvalue weighted by atomic mass is 35.5. The number of aliphatic hydroxyl groups is 2. The third kappa shape index (κ3) is 2.40. The minimum Gasteiger partial charge on any atom is -0.389 e. The molecule has 8 heteroatoms. The van der Waals surface area contributed by atoms with E-state index in [2.05, 4.69) is 0 Å². The number of allylic oxidation sites excluding steroid dienone is 4. The maximum Gasteiger partial charge on any atom is 0.421 e. The number of hydrogen-bond acceptors (Lipinski definition) is 3. The molecule has 0 radical (unpaired) electrons. The largest absolute Gasteiger partial charge is 0.421 e. The van der Waals surface area contributed by atoms with Crippen molar-refractivity contribution in [2.24, 2.45) is 17.8 Å². The van der Waals surface area contributed by atoms with Gasteiger partial charge in [0.05, 0.1) is 12.0 Å². The number of fused-ring (bicyclic) bond motifs is 2. The Balaban J connectivity index is 1.72. The number of likely N-dealkylation sites (tertiary alicyclic amines) is 1. The van der Waals surface area contributed by atoms with E-state index in [4.69, 9.17) is 11.6 Å². The Hall–Kier alpha value is -1.31. The minimum absolute atomic E-state index is 0.118. The molecule has 4 rings (SSSR count). The molecule has 1 saturated heterocycles. The third-order valence-electron chi connectivity index (χ3n) is 6.03. The second-order valence-electron chi connectivity index (χ2n) is 7.52. The fraction of sp³-hybridized carbons (Fsp3) is 0.611. The van der Waals surface area contributed by atoms with Crippen molar-refractivity contribution in [2.45, 2.75) is 37.1 Å². The SMILES string of the molecule is O=C(C1C=C(Cl)C2=C(C1)C(O)(C(F)(F)F)C1CCC=CC21)N1CC(O)C1. The van der Waals surface area contributed by atoms with Crippen LogP contribution in [0.4, 0.5) is 13.2 Å². The first-order chi connectivity index (χ1) is 12.1. The monoisotopic (exact) mass is 389 g/mol. The summed E-state index contributed by atoms with van der Waals surface area (Å²) >= 11 is 6.32. The standard InChI is InChI=1S/C18H19ClF3NO3/c19-14-6-9(16(25)23-7-10(24)8-23)5-13-15(14)11-3-1-2-4-12(11)17(13,26)18(20,21)22/h1,3,6,9-12,24,26H,2,4-5,7-8H2. The molecule has 4 aliphatic rings. The molecule has 1 amide bonds. The summed E-state index contributed by atoms with van der Waals surface area (Å²) in [6.07, 6.45) is 0.0497. The number of alkyl halides is 3. The molecule has 1 fully saturated rings. The van der Waals surface area contributed by atoms with Gasteiger partial charge in [0.25, 0.3) is 0 Å². The molecule has 1 aliphatic heterocycles. The predicted octanol–water partition coefficient (Wildman–Crippen LogP) is 2.52. The molecule has 26 heavy (non-hydrogen) atoms. The first kappa shape index (κ1) is 18.1. The lowest BCUT2D eigenvalue weighted by Gasteiger charge is -2.40. The molecule has 3 aliphatic carbocycles. The zero-order valence-corrected chi connectivity index (χ0v) is 14.6. The van der Waals surface area contributed by atoms with Gasteiger partial charge in [0.1, 0.15) is 0 Å². The molecule has 0 saturated carbocycles. The lowest BCUT2D eigenvalue weighted by atomic mass is 9.75. The summed E-state index contributed by atoms with van der Waals surface area (Å²) in [4.78, 5) is 13.9. The number of hydrogen-bond donors (Lipinski definition) is 2. The Morgan fingerprint density at radius 2 is 2.04 bits per heavy atom. The molecule has 0 aromatic rings. The summed E-state index contributed by atoms with van der Waals surface area (Å²) in [6.45, 7) is 0.342. The molecule has 0 bridgehead atoms. The average Bonchev–Trinajstić information content (AvgIpc) is 2.82. The van der Waals surface area contributed by atoms with Gasteiger partial charge in [-0.3, -0.25) is 4.79 Å². The van der Waals surface area contributed by atoms with E-state index in [1.54, 1.807) is 6.08 Å². The Labute approximate surface area is 153 Å². The van der Waals surface area contributed by atoms with Crippen molar-refractivity contribution in [3.8, 4) is 0 Å². The number of β-amino-alcohol motifs (C(OH)–C–C–N with tert-alkyl or cyclic N) is 1. The fourth-order valence-electron chi connectivity index (χ4n) is 4.75. The number of aliphatic hydroxyl groups excluding tert-OH is 1.